The number of rotatable bonds is 9. The van der Waals surface area contributed by atoms with E-state index in [4.69, 9.17) is 14.8 Å². The lowest BCUT2D eigenvalue weighted by Crippen LogP contribution is -2.45. The average Bonchev–Trinajstić information content (AvgIpc) is 3.09. The number of hydrogen-bond acceptors (Lipinski definition) is 7. The highest BCUT2D eigenvalue weighted by molar-refractivity contribution is 7.50. The smallest absolute Gasteiger partial charge is 0.358 e. The van der Waals surface area contributed by atoms with E-state index in [-0.39, 0.29) is 17.9 Å². The molecule has 0 aromatic carbocycles. The number of aromatic nitrogens is 2. The number of likely N-dealkylation sites (N-methyl/N-ethyl adjacent to an activating group) is 1. The standard InChI is InChI=1S/C16H26N7O7P/c1-8(2)13(15(25)18-4)21-31(27,28)29-7-11-10(20-22-17)5-12(30-11)23-6-9(3)14(24)19-16(23)26/h6,8,10-13H,5,7H2,1-4H3,(H,18,25)(H,19,24,26)(H2,21,27,28)/t10-,11+,12+,13-/m0/s1. The lowest BCUT2D eigenvalue weighted by molar-refractivity contribution is -0.123. The van der Waals surface area contributed by atoms with Crippen LogP contribution in [0.3, 0.4) is 0 Å². The Hall–Kier alpha value is -2.47. The first kappa shape index (κ1) is 24.8. The molecular weight excluding hydrogens is 433 g/mol. The molecule has 14 nitrogen and oxygen atoms in total. The minimum Gasteiger partial charge on any atom is -0.358 e. The summed E-state index contributed by atoms with van der Waals surface area (Å²) < 4.78 is 24.4. The molecule has 0 radical (unpaired) electrons. The van der Waals surface area contributed by atoms with Crippen molar-refractivity contribution in [2.75, 3.05) is 13.7 Å². The number of aromatic amines is 1. The zero-order chi connectivity index (χ0) is 23.3. The highest BCUT2D eigenvalue weighted by Gasteiger charge is 2.39. The van der Waals surface area contributed by atoms with E-state index in [1.54, 1.807) is 13.8 Å². The van der Waals surface area contributed by atoms with Crippen LogP contribution < -0.4 is 21.7 Å². The Morgan fingerprint density at radius 1 is 1.55 bits per heavy atom. The van der Waals surface area contributed by atoms with Gasteiger partial charge in [-0.3, -0.25) is 23.7 Å². The predicted molar refractivity (Wildman–Crippen MR) is 109 cm³/mol. The van der Waals surface area contributed by atoms with Crippen LogP contribution in [-0.4, -0.2) is 52.2 Å². The van der Waals surface area contributed by atoms with Gasteiger partial charge in [-0.15, -0.1) is 0 Å². The van der Waals surface area contributed by atoms with E-state index in [2.05, 4.69) is 25.4 Å². The van der Waals surface area contributed by atoms with Crippen LogP contribution in [0.25, 0.3) is 10.4 Å². The van der Waals surface area contributed by atoms with Crippen molar-refractivity contribution in [1.29, 1.82) is 0 Å². The summed E-state index contributed by atoms with van der Waals surface area (Å²) in [5.41, 5.74) is 7.86. The SMILES string of the molecule is CNC(=O)[C@@H](NP(=O)(O)OC[C@H]1O[C@@H](n2cc(C)c(=O)[nH]c2=O)C[C@@H]1N=[N+]=[N-])C(C)C. The molecule has 1 aliphatic heterocycles. The summed E-state index contributed by atoms with van der Waals surface area (Å²) in [6, 6.07) is -1.78. The molecule has 0 aliphatic carbocycles. The Balaban J connectivity index is 2.14. The molecule has 1 aliphatic rings. The van der Waals surface area contributed by atoms with Gasteiger partial charge in [-0.05, 0) is 18.4 Å². The molecular formula is C16H26N7O7P. The first-order valence-electron chi connectivity index (χ1n) is 9.47. The molecule has 1 aromatic rings. The Morgan fingerprint density at radius 3 is 2.81 bits per heavy atom. The number of azide groups is 1. The van der Waals surface area contributed by atoms with Gasteiger partial charge in [0.2, 0.25) is 5.91 Å². The third-order valence-corrected chi connectivity index (χ3v) is 5.88. The van der Waals surface area contributed by atoms with Crippen molar-refractivity contribution in [2.24, 2.45) is 11.0 Å². The number of nitrogens with one attached hydrogen (secondary N) is 3. The number of nitrogens with zero attached hydrogens (tertiary/aromatic N) is 4. The molecule has 0 bridgehead atoms. The zero-order valence-electron chi connectivity index (χ0n) is 17.5. The van der Waals surface area contributed by atoms with E-state index in [1.807, 2.05) is 0 Å². The van der Waals surface area contributed by atoms with Gasteiger partial charge in [0.05, 0.1) is 24.8 Å². The summed E-state index contributed by atoms with van der Waals surface area (Å²) in [5, 5.41) is 8.32. The molecule has 1 amide bonds. The molecule has 1 aromatic heterocycles. The first-order chi connectivity index (χ1) is 14.5. The van der Waals surface area contributed by atoms with E-state index < -0.39 is 55.9 Å². The largest absolute Gasteiger partial charge is 0.403 e. The number of ether oxygens (including phenoxy) is 1. The molecule has 1 saturated heterocycles. The quantitative estimate of drug-likeness (QED) is 0.175. The van der Waals surface area contributed by atoms with Crippen LogP contribution in [0.1, 0.15) is 32.1 Å². The molecule has 172 valence electrons. The van der Waals surface area contributed by atoms with Crippen molar-refractivity contribution in [3.05, 3.63) is 43.0 Å². The van der Waals surface area contributed by atoms with Crippen molar-refractivity contribution in [2.45, 2.75) is 51.6 Å². The van der Waals surface area contributed by atoms with Gasteiger partial charge in [0.15, 0.2) is 0 Å². The average molecular weight is 459 g/mol. The highest BCUT2D eigenvalue weighted by Crippen LogP contribution is 2.40. The molecule has 31 heavy (non-hydrogen) atoms. The summed E-state index contributed by atoms with van der Waals surface area (Å²) >= 11 is 0. The molecule has 4 N–H and O–H groups in total. The molecule has 2 rings (SSSR count). The fraction of sp³-hybridized carbons (Fsp3) is 0.688. The fourth-order valence-electron chi connectivity index (χ4n) is 3.08. The Morgan fingerprint density at radius 2 is 2.23 bits per heavy atom. The maximum atomic E-state index is 12.4. The zero-order valence-corrected chi connectivity index (χ0v) is 18.4. The van der Waals surface area contributed by atoms with E-state index in [0.29, 0.717) is 0 Å². The van der Waals surface area contributed by atoms with Gasteiger partial charge < -0.3 is 14.9 Å². The maximum absolute atomic E-state index is 12.4. The van der Waals surface area contributed by atoms with Crippen LogP contribution >= 0.6 is 7.75 Å². The van der Waals surface area contributed by atoms with Gasteiger partial charge >= 0.3 is 13.4 Å². The second-order valence-electron chi connectivity index (χ2n) is 7.40. The van der Waals surface area contributed by atoms with Crippen molar-refractivity contribution < 1.29 is 23.5 Å². The van der Waals surface area contributed by atoms with E-state index >= 15 is 0 Å². The van der Waals surface area contributed by atoms with Crippen LogP contribution in [0.15, 0.2) is 20.9 Å². The Labute approximate surface area is 177 Å². The van der Waals surface area contributed by atoms with E-state index in [1.165, 1.54) is 20.2 Å². The van der Waals surface area contributed by atoms with E-state index in [9.17, 15) is 23.8 Å². The molecule has 5 atom stereocenters. The monoisotopic (exact) mass is 459 g/mol. The lowest BCUT2D eigenvalue weighted by Gasteiger charge is -2.24. The van der Waals surface area contributed by atoms with Gasteiger partial charge in [-0.1, -0.05) is 19.0 Å². The number of amides is 1. The fourth-order valence-corrected chi connectivity index (χ4v) is 4.27. The molecule has 0 saturated carbocycles. The van der Waals surface area contributed by atoms with Gasteiger partial charge in [0, 0.05) is 30.1 Å². The van der Waals surface area contributed by atoms with Gasteiger partial charge in [-0.2, -0.15) is 0 Å². The summed E-state index contributed by atoms with van der Waals surface area (Å²) in [7, 11) is -3.02. The van der Waals surface area contributed by atoms with Crippen LogP contribution in [0.2, 0.25) is 0 Å². The lowest BCUT2D eigenvalue weighted by atomic mass is 10.1. The van der Waals surface area contributed by atoms with Crippen LogP contribution in [-0.2, 0) is 18.6 Å². The van der Waals surface area contributed by atoms with Gasteiger partial charge in [0.25, 0.3) is 5.56 Å². The summed E-state index contributed by atoms with van der Waals surface area (Å²) in [4.78, 5) is 50.6. The molecule has 0 spiro atoms. The third-order valence-electron chi connectivity index (χ3n) is 4.77. The number of carbonyl (C=O) groups excluding carboxylic acids is 1. The predicted octanol–water partition coefficient (Wildman–Crippen LogP) is 0.289. The van der Waals surface area contributed by atoms with Crippen molar-refractivity contribution in [3.8, 4) is 0 Å². The van der Waals surface area contributed by atoms with Crippen LogP contribution in [0, 0.1) is 12.8 Å². The van der Waals surface area contributed by atoms with Crippen molar-refractivity contribution >= 4 is 13.7 Å². The second kappa shape index (κ2) is 10.2. The van der Waals surface area contributed by atoms with E-state index in [0.717, 1.165) is 4.57 Å². The summed E-state index contributed by atoms with van der Waals surface area (Å²) in [6.07, 6.45) is -0.427. The Kier molecular flexibility index (Phi) is 8.18. The first-order valence-corrected chi connectivity index (χ1v) is 11.0. The number of aryl methyl sites for hydroxylation is 1. The van der Waals surface area contributed by atoms with Gasteiger partial charge in [0.1, 0.15) is 6.23 Å². The third kappa shape index (κ3) is 6.26. The number of H-pyrrole nitrogens is 1. The minimum atomic E-state index is -4.42. The minimum absolute atomic E-state index is 0.0828. The second-order valence-corrected chi connectivity index (χ2v) is 8.95. The highest BCUT2D eigenvalue weighted by atomic mass is 31.2. The Bertz CT molecular complexity index is 1020. The molecule has 15 heteroatoms. The maximum Gasteiger partial charge on any atom is 0.403 e. The van der Waals surface area contributed by atoms with Crippen LogP contribution in [0.5, 0.6) is 0 Å². The molecule has 2 heterocycles. The topological polar surface area (TPSA) is 201 Å². The van der Waals surface area contributed by atoms with Crippen LogP contribution in [0.4, 0.5) is 0 Å². The number of hydrogen-bond donors (Lipinski definition) is 4. The number of carbonyl (C=O) groups is 1. The summed E-state index contributed by atoms with van der Waals surface area (Å²) in [5.74, 6) is -0.785. The van der Waals surface area contributed by atoms with Crippen molar-refractivity contribution in [3.63, 3.8) is 0 Å². The summed E-state index contributed by atoms with van der Waals surface area (Å²) in [6.45, 7) is 4.45. The molecule has 1 unspecified atom stereocenters. The van der Waals surface area contributed by atoms with Gasteiger partial charge in [-0.25, -0.2) is 14.4 Å². The molecule has 1 fully saturated rings. The van der Waals surface area contributed by atoms with Crippen molar-refractivity contribution in [1.82, 2.24) is 20.0 Å². The normalized spacial score (nSPS) is 23.7.